The van der Waals surface area contributed by atoms with E-state index < -0.39 is 28.5 Å². The number of amides is 1. The van der Waals surface area contributed by atoms with Crippen molar-refractivity contribution in [3.63, 3.8) is 0 Å². The van der Waals surface area contributed by atoms with Crippen LogP contribution in [0.2, 0.25) is 5.15 Å². The number of pyridine rings is 1. The second-order valence-electron chi connectivity index (χ2n) is 5.51. The summed E-state index contributed by atoms with van der Waals surface area (Å²) in [7, 11) is -3.71. The maximum absolute atomic E-state index is 12.1. The van der Waals surface area contributed by atoms with Crippen molar-refractivity contribution in [2.75, 3.05) is 18.5 Å². The standard InChI is InChI=1S/C17H18ClN3O5S/c1-12-4-6-13(7-5-12)27(24,25)20-10-8-16(23)26-11-15(22)21-14-3-2-9-19-17(14)18/h2-7,9,20H,8,10-11H2,1H3,(H,21,22). The highest BCUT2D eigenvalue weighted by atomic mass is 35.5. The molecule has 0 saturated heterocycles. The van der Waals surface area contributed by atoms with Gasteiger partial charge < -0.3 is 10.1 Å². The molecule has 0 saturated carbocycles. The molecule has 0 fully saturated rings. The molecule has 1 aromatic carbocycles. The van der Waals surface area contributed by atoms with E-state index in [2.05, 4.69) is 15.0 Å². The number of aromatic nitrogens is 1. The maximum atomic E-state index is 12.1. The van der Waals surface area contributed by atoms with E-state index in [-0.39, 0.29) is 23.0 Å². The van der Waals surface area contributed by atoms with E-state index in [9.17, 15) is 18.0 Å². The van der Waals surface area contributed by atoms with Crippen molar-refractivity contribution in [3.05, 3.63) is 53.3 Å². The fraction of sp³-hybridized carbons (Fsp3) is 0.235. The van der Waals surface area contributed by atoms with Gasteiger partial charge >= 0.3 is 5.97 Å². The Hall–Kier alpha value is -2.49. The fourth-order valence-electron chi connectivity index (χ4n) is 1.97. The van der Waals surface area contributed by atoms with Gasteiger partial charge in [-0.15, -0.1) is 0 Å². The zero-order chi connectivity index (χ0) is 19.9. The van der Waals surface area contributed by atoms with Crippen LogP contribution in [0.3, 0.4) is 0 Å². The second-order valence-corrected chi connectivity index (χ2v) is 7.64. The predicted molar refractivity (Wildman–Crippen MR) is 99.8 cm³/mol. The molecule has 0 unspecified atom stereocenters. The van der Waals surface area contributed by atoms with E-state index >= 15 is 0 Å². The second kappa shape index (κ2) is 9.45. The first kappa shape index (κ1) is 20.8. The Kier molecular flexibility index (Phi) is 7.28. The van der Waals surface area contributed by atoms with Crippen LogP contribution in [-0.2, 0) is 24.3 Å². The Balaban J connectivity index is 1.74. The molecular formula is C17H18ClN3O5S. The number of rotatable bonds is 8. The van der Waals surface area contributed by atoms with Crippen molar-refractivity contribution in [3.8, 4) is 0 Å². The lowest BCUT2D eigenvalue weighted by molar-refractivity contribution is -0.147. The Morgan fingerprint density at radius 3 is 2.56 bits per heavy atom. The number of carbonyl (C=O) groups is 2. The summed E-state index contributed by atoms with van der Waals surface area (Å²) in [5.41, 5.74) is 1.23. The number of aryl methyl sites for hydroxylation is 1. The molecule has 2 N–H and O–H groups in total. The lowest BCUT2D eigenvalue weighted by Gasteiger charge is -2.08. The van der Waals surface area contributed by atoms with E-state index in [1.807, 2.05) is 6.92 Å². The molecule has 1 heterocycles. The van der Waals surface area contributed by atoms with Crippen LogP contribution in [-0.4, -0.2) is 38.4 Å². The number of nitrogens with one attached hydrogen (secondary N) is 2. The van der Waals surface area contributed by atoms with Crippen molar-refractivity contribution in [2.24, 2.45) is 0 Å². The van der Waals surface area contributed by atoms with Crippen molar-refractivity contribution < 1.29 is 22.7 Å². The molecule has 1 aromatic heterocycles. The quantitative estimate of drug-likeness (QED) is 0.506. The van der Waals surface area contributed by atoms with Crippen molar-refractivity contribution >= 4 is 39.2 Å². The van der Waals surface area contributed by atoms with Gasteiger partial charge in [-0.1, -0.05) is 29.3 Å². The Labute approximate surface area is 161 Å². The lowest BCUT2D eigenvalue weighted by atomic mass is 10.2. The van der Waals surface area contributed by atoms with Crippen LogP contribution in [0.15, 0.2) is 47.5 Å². The maximum Gasteiger partial charge on any atom is 0.307 e. The summed E-state index contributed by atoms with van der Waals surface area (Å²) in [5.74, 6) is -1.30. The molecule has 0 aliphatic rings. The molecule has 0 bridgehead atoms. The molecular weight excluding hydrogens is 394 g/mol. The summed E-state index contributed by atoms with van der Waals surface area (Å²) in [4.78, 5) is 27.3. The summed E-state index contributed by atoms with van der Waals surface area (Å²) < 4.78 is 31.3. The van der Waals surface area contributed by atoms with Gasteiger partial charge in [0.25, 0.3) is 5.91 Å². The molecule has 2 rings (SSSR count). The van der Waals surface area contributed by atoms with E-state index in [0.717, 1.165) is 5.56 Å². The number of hydrogen-bond donors (Lipinski definition) is 2. The van der Waals surface area contributed by atoms with Crippen LogP contribution in [0.25, 0.3) is 0 Å². The minimum Gasteiger partial charge on any atom is -0.456 e. The van der Waals surface area contributed by atoms with Gasteiger partial charge in [0, 0.05) is 12.7 Å². The molecule has 0 atom stereocenters. The first-order chi connectivity index (χ1) is 12.8. The van der Waals surface area contributed by atoms with Crippen LogP contribution in [0.4, 0.5) is 5.69 Å². The monoisotopic (exact) mass is 411 g/mol. The number of sulfonamides is 1. The van der Waals surface area contributed by atoms with E-state index in [0.29, 0.717) is 5.69 Å². The molecule has 144 valence electrons. The summed E-state index contributed by atoms with van der Waals surface area (Å²) >= 11 is 5.80. The molecule has 1 amide bonds. The lowest BCUT2D eigenvalue weighted by Crippen LogP contribution is -2.28. The van der Waals surface area contributed by atoms with Gasteiger partial charge in [0.05, 0.1) is 17.0 Å². The largest absolute Gasteiger partial charge is 0.456 e. The van der Waals surface area contributed by atoms with Crippen LogP contribution >= 0.6 is 11.6 Å². The first-order valence-electron chi connectivity index (χ1n) is 7.90. The van der Waals surface area contributed by atoms with E-state index in [1.165, 1.54) is 18.3 Å². The summed E-state index contributed by atoms with van der Waals surface area (Å²) in [6.07, 6.45) is 1.25. The van der Waals surface area contributed by atoms with E-state index in [4.69, 9.17) is 16.3 Å². The summed E-state index contributed by atoms with van der Waals surface area (Å²) in [5, 5.41) is 2.56. The van der Waals surface area contributed by atoms with Crippen LogP contribution in [0, 0.1) is 6.92 Å². The highest BCUT2D eigenvalue weighted by Gasteiger charge is 2.15. The van der Waals surface area contributed by atoms with Gasteiger partial charge in [-0.3, -0.25) is 9.59 Å². The average molecular weight is 412 g/mol. The number of ether oxygens (including phenoxy) is 1. The summed E-state index contributed by atoms with van der Waals surface area (Å²) in [6.45, 7) is 1.18. The SMILES string of the molecule is Cc1ccc(S(=O)(=O)NCCC(=O)OCC(=O)Nc2cccnc2Cl)cc1. The molecule has 0 spiro atoms. The molecule has 0 radical (unpaired) electrons. The molecule has 10 heteroatoms. The number of benzene rings is 1. The van der Waals surface area contributed by atoms with Gasteiger partial charge in [-0.05, 0) is 31.2 Å². The van der Waals surface area contributed by atoms with Crippen LogP contribution in [0.1, 0.15) is 12.0 Å². The van der Waals surface area contributed by atoms with Crippen LogP contribution < -0.4 is 10.0 Å². The zero-order valence-corrected chi connectivity index (χ0v) is 16.0. The van der Waals surface area contributed by atoms with Crippen molar-refractivity contribution in [1.29, 1.82) is 0 Å². The van der Waals surface area contributed by atoms with Crippen LogP contribution in [0.5, 0.6) is 0 Å². The van der Waals surface area contributed by atoms with E-state index in [1.54, 1.807) is 24.3 Å². The highest BCUT2D eigenvalue weighted by molar-refractivity contribution is 7.89. The zero-order valence-electron chi connectivity index (χ0n) is 14.4. The average Bonchev–Trinajstić information content (AvgIpc) is 2.62. The van der Waals surface area contributed by atoms with Gasteiger partial charge in [0.15, 0.2) is 11.8 Å². The molecule has 8 nitrogen and oxygen atoms in total. The predicted octanol–water partition coefficient (Wildman–Crippen LogP) is 1.89. The number of carbonyl (C=O) groups excluding carboxylic acids is 2. The minimum atomic E-state index is -3.71. The smallest absolute Gasteiger partial charge is 0.307 e. The van der Waals surface area contributed by atoms with Crippen molar-refractivity contribution in [1.82, 2.24) is 9.71 Å². The topological polar surface area (TPSA) is 114 Å². The van der Waals surface area contributed by atoms with Crippen molar-refractivity contribution in [2.45, 2.75) is 18.2 Å². The number of hydrogen-bond acceptors (Lipinski definition) is 6. The minimum absolute atomic E-state index is 0.106. The third-order valence-corrected chi connectivity index (χ3v) is 5.13. The summed E-state index contributed by atoms with van der Waals surface area (Å²) in [6, 6.07) is 9.45. The Morgan fingerprint density at radius 2 is 1.89 bits per heavy atom. The Morgan fingerprint density at radius 1 is 1.19 bits per heavy atom. The molecule has 0 aliphatic heterocycles. The van der Waals surface area contributed by atoms with Gasteiger partial charge in [0.2, 0.25) is 10.0 Å². The van der Waals surface area contributed by atoms with Gasteiger partial charge in [-0.2, -0.15) is 0 Å². The third kappa shape index (κ3) is 6.63. The number of esters is 1. The number of nitrogens with zero attached hydrogens (tertiary/aromatic N) is 1. The highest BCUT2D eigenvalue weighted by Crippen LogP contribution is 2.17. The third-order valence-electron chi connectivity index (χ3n) is 3.35. The molecule has 27 heavy (non-hydrogen) atoms. The molecule has 0 aliphatic carbocycles. The number of anilines is 1. The molecule has 2 aromatic rings. The first-order valence-corrected chi connectivity index (χ1v) is 9.76. The fourth-order valence-corrected chi connectivity index (χ4v) is 3.17. The normalized spacial score (nSPS) is 11.0. The Bertz CT molecular complexity index is 916. The van der Waals surface area contributed by atoms with Gasteiger partial charge in [0.1, 0.15) is 0 Å². The number of halogens is 1. The van der Waals surface area contributed by atoms with Gasteiger partial charge in [-0.25, -0.2) is 18.1 Å².